The van der Waals surface area contributed by atoms with E-state index in [2.05, 4.69) is 4.72 Å². The van der Waals surface area contributed by atoms with E-state index in [-0.39, 0.29) is 16.8 Å². The molecule has 1 aromatic rings. The number of nitrogens with zero attached hydrogens (tertiary/aromatic N) is 1. The zero-order valence-electron chi connectivity index (χ0n) is 13.9. The van der Waals surface area contributed by atoms with Gasteiger partial charge in [-0.05, 0) is 51.1 Å². The molecule has 0 radical (unpaired) electrons. The second-order valence-electron chi connectivity index (χ2n) is 5.34. The normalized spacial score (nSPS) is 13.0. The number of methoxy groups -OCH3 is 1. The van der Waals surface area contributed by atoms with Gasteiger partial charge >= 0.3 is 0 Å². The number of carbonyl (C=O) groups is 1. The Hall–Kier alpha value is -1.44. The van der Waals surface area contributed by atoms with Gasteiger partial charge in [0, 0.05) is 19.7 Å². The Kier molecular flexibility index (Phi) is 6.10. The van der Waals surface area contributed by atoms with Crippen LogP contribution in [0, 0.1) is 13.8 Å². The molecule has 0 saturated carbocycles. The van der Waals surface area contributed by atoms with Crippen molar-refractivity contribution in [2.75, 3.05) is 27.8 Å². The first-order valence-electron chi connectivity index (χ1n) is 6.96. The Balaban J connectivity index is 3.30. The molecule has 7 heteroatoms. The molecule has 0 aliphatic heterocycles. The van der Waals surface area contributed by atoms with Gasteiger partial charge in [-0.15, -0.1) is 0 Å². The number of hydrogen-bond donors (Lipinski definition) is 1. The van der Waals surface area contributed by atoms with Gasteiger partial charge in [0.05, 0.1) is 17.5 Å². The number of nitrogens with one attached hydrogen (secondary N) is 1. The van der Waals surface area contributed by atoms with Crippen molar-refractivity contribution in [3.8, 4) is 0 Å². The monoisotopic (exact) mass is 328 g/mol. The van der Waals surface area contributed by atoms with Crippen molar-refractivity contribution in [1.82, 2.24) is 9.62 Å². The van der Waals surface area contributed by atoms with Crippen LogP contribution in [-0.4, -0.2) is 53.1 Å². The third-order valence-corrected chi connectivity index (χ3v) is 5.35. The van der Waals surface area contributed by atoms with Gasteiger partial charge in [0.2, 0.25) is 10.0 Å². The highest BCUT2D eigenvalue weighted by Crippen LogP contribution is 2.22. The quantitative estimate of drug-likeness (QED) is 0.854. The molecule has 0 fully saturated rings. The lowest BCUT2D eigenvalue weighted by atomic mass is 10.0. The van der Waals surface area contributed by atoms with Gasteiger partial charge in [0.25, 0.3) is 5.91 Å². The third-order valence-electron chi connectivity index (χ3n) is 3.81. The van der Waals surface area contributed by atoms with Crippen LogP contribution in [0.4, 0.5) is 0 Å². The molecule has 1 rings (SSSR count). The average Bonchev–Trinajstić information content (AvgIpc) is 2.48. The minimum Gasteiger partial charge on any atom is -0.383 e. The largest absolute Gasteiger partial charge is 0.383 e. The Labute approximate surface area is 132 Å². The molecule has 0 bridgehead atoms. The van der Waals surface area contributed by atoms with Crippen molar-refractivity contribution in [2.24, 2.45) is 0 Å². The van der Waals surface area contributed by atoms with Crippen LogP contribution in [-0.2, 0) is 14.8 Å². The van der Waals surface area contributed by atoms with Gasteiger partial charge in [-0.2, -0.15) is 0 Å². The summed E-state index contributed by atoms with van der Waals surface area (Å²) >= 11 is 0. The fourth-order valence-electron chi connectivity index (χ4n) is 2.10. The number of ether oxygens (including phenoxy) is 1. The molecule has 0 spiro atoms. The number of aryl methyl sites for hydroxylation is 1. The van der Waals surface area contributed by atoms with E-state index in [9.17, 15) is 13.2 Å². The molecule has 1 aromatic carbocycles. The maximum Gasteiger partial charge on any atom is 0.253 e. The molecule has 0 aliphatic rings. The summed E-state index contributed by atoms with van der Waals surface area (Å²) in [5.41, 5.74) is 1.74. The van der Waals surface area contributed by atoms with Crippen molar-refractivity contribution in [3.63, 3.8) is 0 Å². The minimum atomic E-state index is -3.61. The SMILES string of the molecule is CNS(=O)(=O)c1cc(C(=O)N(C)[C@H](C)COC)cc(C)c1C. The molecule has 0 aliphatic carbocycles. The summed E-state index contributed by atoms with van der Waals surface area (Å²) in [7, 11) is 0.990. The van der Waals surface area contributed by atoms with Gasteiger partial charge in [0.1, 0.15) is 0 Å². The molecular formula is C15H24N2O4S. The summed E-state index contributed by atoms with van der Waals surface area (Å²) in [6.07, 6.45) is 0. The van der Waals surface area contributed by atoms with Gasteiger partial charge in [-0.3, -0.25) is 4.79 Å². The molecule has 6 nitrogen and oxygen atoms in total. The van der Waals surface area contributed by atoms with Crippen LogP contribution >= 0.6 is 0 Å². The summed E-state index contributed by atoms with van der Waals surface area (Å²) in [5.74, 6) is -0.236. The molecule has 1 amide bonds. The molecule has 1 atom stereocenters. The van der Waals surface area contributed by atoms with E-state index in [1.807, 2.05) is 6.92 Å². The number of rotatable bonds is 6. The van der Waals surface area contributed by atoms with Crippen LogP contribution in [0.25, 0.3) is 0 Å². The van der Waals surface area contributed by atoms with Crippen LogP contribution in [0.15, 0.2) is 17.0 Å². The molecule has 124 valence electrons. The number of amides is 1. The first-order chi connectivity index (χ1) is 10.2. The van der Waals surface area contributed by atoms with Crippen LogP contribution < -0.4 is 4.72 Å². The molecule has 0 aromatic heterocycles. The summed E-state index contributed by atoms with van der Waals surface area (Å²) in [4.78, 5) is 14.2. The topological polar surface area (TPSA) is 75.7 Å². The second-order valence-corrected chi connectivity index (χ2v) is 7.20. The number of hydrogen-bond acceptors (Lipinski definition) is 4. The Morgan fingerprint density at radius 2 is 1.95 bits per heavy atom. The fourth-order valence-corrected chi connectivity index (χ4v) is 3.16. The second kappa shape index (κ2) is 7.21. The van der Waals surface area contributed by atoms with Crippen LogP contribution in [0.5, 0.6) is 0 Å². The van der Waals surface area contributed by atoms with E-state index in [4.69, 9.17) is 4.74 Å². The molecular weight excluding hydrogens is 304 g/mol. The van der Waals surface area contributed by atoms with Gasteiger partial charge in [0.15, 0.2) is 0 Å². The summed E-state index contributed by atoms with van der Waals surface area (Å²) in [6.45, 7) is 5.80. The van der Waals surface area contributed by atoms with Crippen LogP contribution in [0.1, 0.15) is 28.4 Å². The fraction of sp³-hybridized carbons (Fsp3) is 0.533. The van der Waals surface area contributed by atoms with Crippen molar-refractivity contribution >= 4 is 15.9 Å². The number of benzene rings is 1. The van der Waals surface area contributed by atoms with Gasteiger partial charge < -0.3 is 9.64 Å². The zero-order chi connectivity index (χ0) is 17.1. The highest BCUT2D eigenvalue weighted by Gasteiger charge is 2.22. The molecule has 0 unspecified atom stereocenters. The van der Waals surface area contributed by atoms with E-state index >= 15 is 0 Å². The molecule has 22 heavy (non-hydrogen) atoms. The highest BCUT2D eigenvalue weighted by atomic mass is 32.2. The zero-order valence-corrected chi connectivity index (χ0v) is 14.7. The van der Waals surface area contributed by atoms with E-state index in [1.54, 1.807) is 39.0 Å². The van der Waals surface area contributed by atoms with Gasteiger partial charge in [-0.1, -0.05) is 0 Å². The van der Waals surface area contributed by atoms with E-state index in [0.29, 0.717) is 17.7 Å². The van der Waals surface area contributed by atoms with Crippen molar-refractivity contribution in [1.29, 1.82) is 0 Å². The average molecular weight is 328 g/mol. The third kappa shape index (κ3) is 3.85. The van der Waals surface area contributed by atoms with E-state index < -0.39 is 10.0 Å². The summed E-state index contributed by atoms with van der Waals surface area (Å²) < 4.78 is 31.5. The van der Waals surface area contributed by atoms with E-state index in [0.717, 1.165) is 5.56 Å². The van der Waals surface area contributed by atoms with Crippen molar-refractivity contribution in [2.45, 2.75) is 31.7 Å². The highest BCUT2D eigenvalue weighted by molar-refractivity contribution is 7.89. The first kappa shape index (κ1) is 18.6. The van der Waals surface area contributed by atoms with Crippen LogP contribution in [0.2, 0.25) is 0 Å². The minimum absolute atomic E-state index is 0.108. The van der Waals surface area contributed by atoms with E-state index in [1.165, 1.54) is 13.1 Å². The predicted molar refractivity (Wildman–Crippen MR) is 85.6 cm³/mol. The standard InChI is InChI=1S/C15H24N2O4S/c1-10-7-13(15(18)17(5)11(2)9-21-6)8-14(12(10)3)22(19,20)16-4/h7-8,11,16H,9H2,1-6H3/t11-/m1/s1. The van der Waals surface area contributed by atoms with Crippen LogP contribution in [0.3, 0.4) is 0 Å². The maximum absolute atomic E-state index is 12.5. The molecule has 0 heterocycles. The van der Waals surface area contributed by atoms with Gasteiger partial charge in [-0.25, -0.2) is 13.1 Å². The van der Waals surface area contributed by atoms with Crippen molar-refractivity contribution < 1.29 is 17.9 Å². The lowest BCUT2D eigenvalue weighted by Gasteiger charge is -2.25. The lowest BCUT2D eigenvalue weighted by molar-refractivity contribution is 0.0633. The molecule has 1 N–H and O–H groups in total. The summed E-state index contributed by atoms with van der Waals surface area (Å²) in [5, 5.41) is 0. The Bertz CT molecular complexity index is 656. The number of carbonyl (C=O) groups excluding carboxylic acids is 1. The number of sulfonamides is 1. The Morgan fingerprint density at radius 1 is 1.36 bits per heavy atom. The van der Waals surface area contributed by atoms with Crippen molar-refractivity contribution in [3.05, 3.63) is 28.8 Å². The maximum atomic E-state index is 12.5. The number of likely N-dealkylation sites (N-methyl/N-ethyl adjacent to an activating group) is 1. The summed E-state index contributed by atoms with van der Waals surface area (Å²) in [6, 6.07) is 3.03. The first-order valence-corrected chi connectivity index (χ1v) is 8.45. The lowest BCUT2D eigenvalue weighted by Crippen LogP contribution is -2.38. The Morgan fingerprint density at radius 3 is 2.45 bits per heavy atom. The molecule has 0 saturated heterocycles. The predicted octanol–water partition coefficient (Wildman–Crippen LogP) is 1.32. The smallest absolute Gasteiger partial charge is 0.253 e.